The van der Waals surface area contributed by atoms with Crippen molar-refractivity contribution in [3.63, 3.8) is 0 Å². The van der Waals surface area contributed by atoms with E-state index in [9.17, 15) is 0 Å². The van der Waals surface area contributed by atoms with Crippen molar-refractivity contribution in [3.8, 4) is 5.69 Å². The Morgan fingerprint density at radius 3 is 2.20 bits per heavy atom. The molecular formula is C13H16N2. The van der Waals surface area contributed by atoms with Gasteiger partial charge in [-0.2, -0.15) is 0 Å². The molecule has 2 nitrogen and oxygen atoms in total. The number of hydrogen-bond acceptors (Lipinski definition) is 1. The van der Waals surface area contributed by atoms with Gasteiger partial charge in [-0.05, 0) is 44.5 Å². The highest BCUT2D eigenvalue weighted by Crippen LogP contribution is 2.15. The van der Waals surface area contributed by atoms with Gasteiger partial charge in [0.25, 0.3) is 0 Å². The Balaban J connectivity index is 2.45. The summed E-state index contributed by atoms with van der Waals surface area (Å²) < 4.78 is 2.21. The highest BCUT2D eigenvalue weighted by Gasteiger charge is 2.03. The third-order valence-electron chi connectivity index (χ3n) is 2.70. The molecule has 2 rings (SSSR count). The molecule has 0 fully saturated rings. The molecule has 0 aliphatic heterocycles. The number of aryl methyl sites for hydroxylation is 3. The molecule has 0 aliphatic rings. The van der Waals surface area contributed by atoms with Crippen molar-refractivity contribution in [2.45, 2.75) is 27.2 Å². The third-order valence-corrected chi connectivity index (χ3v) is 2.70. The molecule has 0 unspecified atom stereocenters. The van der Waals surface area contributed by atoms with Crippen molar-refractivity contribution in [1.29, 1.82) is 0 Å². The molecule has 15 heavy (non-hydrogen) atoms. The van der Waals surface area contributed by atoms with Crippen LogP contribution in [0.25, 0.3) is 5.69 Å². The van der Waals surface area contributed by atoms with Gasteiger partial charge in [0.1, 0.15) is 0 Å². The SMILES string of the molecule is CCc1ccc(-n2c(C)ccc2C)cn1. The second-order valence-electron chi connectivity index (χ2n) is 3.81. The molecule has 0 saturated heterocycles. The summed E-state index contributed by atoms with van der Waals surface area (Å²) in [7, 11) is 0. The fraction of sp³-hybridized carbons (Fsp3) is 0.308. The Kier molecular flexibility index (Phi) is 2.58. The van der Waals surface area contributed by atoms with E-state index in [2.05, 4.69) is 54.6 Å². The molecule has 0 radical (unpaired) electrons. The van der Waals surface area contributed by atoms with Crippen molar-refractivity contribution < 1.29 is 0 Å². The van der Waals surface area contributed by atoms with Crippen LogP contribution in [0.1, 0.15) is 24.0 Å². The fourth-order valence-electron chi connectivity index (χ4n) is 1.83. The van der Waals surface area contributed by atoms with E-state index in [1.807, 2.05) is 6.20 Å². The van der Waals surface area contributed by atoms with Crippen LogP contribution in [0.3, 0.4) is 0 Å². The monoisotopic (exact) mass is 200 g/mol. The quantitative estimate of drug-likeness (QED) is 0.728. The molecule has 2 heterocycles. The molecule has 0 atom stereocenters. The van der Waals surface area contributed by atoms with E-state index in [1.165, 1.54) is 11.4 Å². The van der Waals surface area contributed by atoms with Crippen molar-refractivity contribution in [1.82, 2.24) is 9.55 Å². The van der Waals surface area contributed by atoms with Crippen molar-refractivity contribution >= 4 is 0 Å². The molecule has 0 aromatic carbocycles. The summed E-state index contributed by atoms with van der Waals surface area (Å²) in [5, 5.41) is 0. The third kappa shape index (κ3) is 1.80. The van der Waals surface area contributed by atoms with E-state index in [1.54, 1.807) is 0 Å². The average Bonchev–Trinajstić information content (AvgIpc) is 2.59. The summed E-state index contributed by atoms with van der Waals surface area (Å²) in [6, 6.07) is 8.48. The van der Waals surface area contributed by atoms with E-state index < -0.39 is 0 Å². The second-order valence-corrected chi connectivity index (χ2v) is 3.81. The van der Waals surface area contributed by atoms with Gasteiger partial charge in [0.15, 0.2) is 0 Å². The molecule has 0 saturated carbocycles. The van der Waals surface area contributed by atoms with Crippen LogP contribution < -0.4 is 0 Å². The van der Waals surface area contributed by atoms with Crippen molar-refractivity contribution in [2.75, 3.05) is 0 Å². The van der Waals surface area contributed by atoms with Crippen molar-refractivity contribution in [2.24, 2.45) is 0 Å². The summed E-state index contributed by atoms with van der Waals surface area (Å²) in [4.78, 5) is 4.41. The molecule has 0 amide bonds. The highest BCUT2D eigenvalue weighted by molar-refractivity contribution is 5.36. The predicted octanol–water partition coefficient (Wildman–Crippen LogP) is 3.05. The molecule has 2 aromatic heterocycles. The van der Waals surface area contributed by atoms with Gasteiger partial charge in [0.05, 0.1) is 11.9 Å². The number of pyridine rings is 1. The molecular weight excluding hydrogens is 184 g/mol. The van der Waals surface area contributed by atoms with Crippen LogP contribution in [0, 0.1) is 13.8 Å². The molecule has 2 heteroatoms. The lowest BCUT2D eigenvalue weighted by Crippen LogP contribution is -1.99. The van der Waals surface area contributed by atoms with E-state index in [4.69, 9.17) is 0 Å². The van der Waals surface area contributed by atoms with Gasteiger partial charge in [-0.15, -0.1) is 0 Å². The second kappa shape index (κ2) is 3.89. The van der Waals surface area contributed by atoms with E-state index in [0.717, 1.165) is 17.8 Å². The van der Waals surface area contributed by atoms with Crippen LogP contribution in [-0.4, -0.2) is 9.55 Å². The summed E-state index contributed by atoms with van der Waals surface area (Å²) in [6.45, 7) is 6.34. The summed E-state index contributed by atoms with van der Waals surface area (Å²) in [5.41, 5.74) is 4.78. The summed E-state index contributed by atoms with van der Waals surface area (Å²) >= 11 is 0. The fourth-order valence-corrected chi connectivity index (χ4v) is 1.83. The Labute approximate surface area is 90.6 Å². The van der Waals surface area contributed by atoms with Crippen LogP contribution in [0.15, 0.2) is 30.5 Å². The van der Waals surface area contributed by atoms with E-state index in [0.29, 0.717) is 0 Å². The first-order chi connectivity index (χ1) is 7.22. The Bertz CT molecular complexity index is 432. The number of nitrogens with zero attached hydrogens (tertiary/aromatic N) is 2. The average molecular weight is 200 g/mol. The van der Waals surface area contributed by atoms with Crippen LogP contribution in [0.2, 0.25) is 0 Å². The molecule has 78 valence electrons. The normalized spacial score (nSPS) is 10.6. The van der Waals surface area contributed by atoms with E-state index in [-0.39, 0.29) is 0 Å². The Morgan fingerprint density at radius 1 is 1.07 bits per heavy atom. The van der Waals surface area contributed by atoms with Gasteiger partial charge in [0.2, 0.25) is 0 Å². The minimum Gasteiger partial charge on any atom is -0.317 e. The number of rotatable bonds is 2. The van der Waals surface area contributed by atoms with Gasteiger partial charge < -0.3 is 4.57 Å². The van der Waals surface area contributed by atoms with Gasteiger partial charge in [-0.1, -0.05) is 6.92 Å². The maximum Gasteiger partial charge on any atom is 0.0638 e. The molecule has 0 aliphatic carbocycles. The number of aromatic nitrogens is 2. The maximum atomic E-state index is 4.41. The topological polar surface area (TPSA) is 17.8 Å². The molecule has 0 bridgehead atoms. The first kappa shape index (κ1) is 9.97. The maximum absolute atomic E-state index is 4.41. The number of hydrogen-bond donors (Lipinski definition) is 0. The van der Waals surface area contributed by atoms with Gasteiger partial charge in [0, 0.05) is 17.1 Å². The van der Waals surface area contributed by atoms with Crippen LogP contribution in [0.5, 0.6) is 0 Å². The first-order valence-corrected chi connectivity index (χ1v) is 5.32. The lowest BCUT2D eigenvalue weighted by atomic mass is 10.3. The standard InChI is InChI=1S/C13H16N2/c1-4-12-7-8-13(9-14-12)15-10(2)5-6-11(15)3/h5-9H,4H2,1-3H3. The minimum absolute atomic E-state index is 0.990. The molecule has 0 N–H and O–H groups in total. The highest BCUT2D eigenvalue weighted by atomic mass is 15.0. The Morgan fingerprint density at radius 2 is 1.73 bits per heavy atom. The zero-order chi connectivity index (χ0) is 10.8. The van der Waals surface area contributed by atoms with Crippen molar-refractivity contribution in [3.05, 3.63) is 47.5 Å². The zero-order valence-electron chi connectivity index (χ0n) is 9.49. The van der Waals surface area contributed by atoms with Crippen LogP contribution >= 0.6 is 0 Å². The van der Waals surface area contributed by atoms with Crippen LogP contribution in [0.4, 0.5) is 0 Å². The predicted molar refractivity (Wildman–Crippen MR) is 62.4 cm³/mol. The van der Waals surface area contributed by atoms with Gasteiger partial charge in [-0.25, -0.2) is 0 Å². The van der Waals surface area contributed by atoms with Gasteiger partial charge in [-0.3, -0.25) is 4.98 Å². The first-order valence-electron chi connectivity index (χ1n) is 5.32. The molecule has 2 aromatic rings. The smallest absolute Gasteiger partial charge is 0.0638 e. The summed E-state index contributed by atoms with van der Waals surface area (Å²) in [5.74, 6) is 0. The largest absolute Gasteiger partial charge is 0.317 e. The lowest BCUT2D eigenvalue weighted by Gasteiger charge is -2.09. The lowest BCUT2D eigenvalue weighted by molar-refractivity contribution is 0.940. The van der Waals surface area contributed by atoms with Gasteiger partial charge >= 0.3 is 0 Å². The Hall–Kier alpha value is -1.57. The zero-order valence-corrected chi connectivity index (χ0v) is 9.49. The molecule has 0 spiro atoms. The van der Waals surface area contributed by atoms with Crippen LogP contribution in [-0.2, 0) is 6.42 Å². The summed E-state index contributed by atoms with van der Waals surface area (Å²) in [6.07, 6.45) is 2.93. The minimum atomic E-state index is 0.990. The van der Waals surface area contributed by atoms with E-state index >= 15 is 0 Å².